The van der Waals surface area contributed by atoms with Crippen molar-refractivity contribution >= 4 is 24.0 Å². The first-order valence-corrected chi connectivity index (χ1v) is 7.08. The maximum Gasteiger partial charge on any atom is 0.253 e. The number of nitrogens with zero attached hydrogens (tertiary/aromatic N) is 3. The van der Waals surface area contributed by atoms with Crippen LogP contribution < -0.4 is 5.73 Å². The van der Waals surface area contributed by atoms with Crippen LogP contribution in [0.5, 0.6) is 0 Å². The zero-order valence-corrected chi connectivity index (χ0v) is 13.2. The highest BCUT2D eigenvalue weighted by Crippen LogP contribution is 2.27. The van der Waals surface area contributed by atoms with Crippen molar-refractivity contribution in [1.29, 1.82) is 0 Å². The third-order valence-corrected chi connectivity index (χ3v) is 3.83. The molecule has 0 aliphatic carbocycles. The molecule has 0 spiro atoms. The Balaban J connectivity index is 0.00000176. The Morgan fingerprint density at radius 1 is 1.27 bits per heavy atom. The molecule has 0 bridgehead atoms. The maximum absolute atomic E-state index is 12.4. The smallest absolute Gasteiger partial charge is 0.253 e. The van der Waals surface area contributed by atoms with E-state index in [0.29, 0.717) is 36.1 Å². The Kier molecular flexibility index (Phi) is 5.03. The van der Waals surface area contributed by atoms with E-state index in [0.717, 1.165) is 12.8 Å². The van der Waals surface area contributed by atoms with E-state index in [-0.39, 0.29) is 24.2 Å². The second kappa shape index (κ2) is 6.79. The second-order valence-corrected chi connectivity index (χ2v) is 5.37. The van der Waals surface area contributed by atoms with E-state index < -0.39 is 0 Å². The van der Waals surface area contributed by atoms with E-state index in [1.807, 2.05) is 11.8 Å². The predicted octanol–water partition coefficient (Wildman–Crippen LogP) is 2.40. The van der Waals surface area contributed by atoms with Crippen LogP contribution in [-0.2, 0) is 0 Å². The maximum atomic E-state index is 12.4. The number of piperidine rings is 1. The van der Waals surface area contributed by atoms with Crippen LogP contribution >= 0.6 is 12.4 Å². The summed E-state index contributed by atoms with van der Waals surface area (Å²) in [6.07, 6.45) is 1.70. The summed E-state index contributed by atoms with van der Waals surface area (Å²) in [4.78, 5) is 18.5. The van der Waals surface area contributed by atoms with Gasteiger partial charge in [-0.2, -0.15) is 4.98 Å². The molecule has 7 heteroatoms. The normalized spacial score (nSPS) is 15.4. The zero-order valence-electron chi connectivity index (χ0n) is 12.4. The van der Waals surface area contributed by atoms with Gasteiger partial charge in [-0.1, -0.05) is 5.16 Å². The molecule has 2 N–H and O–H groups in total. The molecule has 1 aliphatic rings. The number of anilines is 1. The fraction of sp³-hybridized carbons (Fsp3) is 0.400. The summed E-state index contributed by atoms with van der Waals surface area (Å²) in [5.74, 6) is 1.65. The average Bonchev–Trinajstić information content (AvgIpc) is 2.94. The lowest BCUT2D eigenvalue weighted by molar-refractivity contribution is 0.0704. The summed E-state index contributed by atoms with van der Waals surface area (Å²) in [5, 5.41) is 3.82. The Bertz CT molecular complexity index is 633. The standard InChI is InChI=1S/C15H18N4O2.ClH/c1-10-17-14(21-18-10)11-6-8-19(9-7-11)15(20)12-2-4-13(16)5-3-12;/h2-5,11H,6-9,16H2,1H3;1H. The van der Waals surface area contributed by atoms with Crippen molar-refractivity contribution in [3.63, 3.8) is 0 Å². The van der Waals surface area contributed by atoms with Gasteiger partial charge >= 0.3 is 0 Å². The number of aryl methyl sites for hydroxylation is 1. The van der Waals surface area contributed by atoms with Gasteiger partial charge in [-0.05, 0) is 44.0 Å². The Morgan fingerprint density at radius 3 is 2.45 bits per heavy atom. The topological polar surface area (TPSA) is 85.2 Å². The highest BCUT2D eigenvalue weighted by atomic mass is 35.5. The molecule has 1 aliphatic heterocycles. The van der Waals surface area contributed by atoms with Gasteiger partial charge in [0.1, 0.15) is 0 Å². The molecule has 0 saturated carbocycles. The molecular formula is C15H19ClN4O2. The number of amides is 1. The number of rotatable bonds is 2. The molecule has 1 saturated heterocycles. The number of carbonyl (C=O) groups excluding carboxylic acids is 1. The number of aromatic nitrogens is 2. The number of hydrogen-bond donors (Lipinski definition) is 1. The Morgan fingerprint density at radius 2 is 1.91 bits per heavy atom. The molecule has 2 heterocycles. The van der Waals surface area contributed by atoms with Crippen molar-refractivity contribution in [3.05, 3.63) is 41.5 Å². The predicted molar refractivity (Wildman–Crippen MR) is 85.0 cm³/mol. The largest absolute Gasteiger partial charge is 0.399 e. The molecule has 2 aromatic rings. The monoisotopic (exact) mass is 322 g/mol. The van der Waals surface area contributed by atoms with Crippen LogP contribution in [0, 0.1) is 6.92 Å². The molecule has 1 aromatic heterocycles. The number of carbonyl (C=O) groups is 1. The van der Waals surface area contributed by atoms with Crippen LogP contribution in [0.1, 0.15) is 40.8 Å². The zero-order chi connectivity index (χ0) is 14.8. The van der Waals surface area contributed by atoms with Crippen LogP contribution in [-0.4, -0.2) is 34.0 Å². The highest BCUT2D eigenvalue weighted by molar-refractivity contribution is 5.94. The van der Waals surface area contributed by atoms with Gasteiger partial charge in [0.2, 0.25) is 5.89 Å². The Labute approximate surface area is 135 Å². The number of hydrogen-bond acceptors (Lipinski definition) is 5. The first-order chi connectivity index (χ1) is 10.1. The number of nitrogen functional groups attached to an aromatic ring is 1. The third-order valence-electron chi connectivity index (χ3n) is 3.83. The molecule has 6 nitrogen and oxygen atoms in total. The van der Waals surface area contributed by atoms with Gasteiger partial charge in [-0.25, -0.2) is 0 Å². The molecule has 1 fully saturated rings. The van der Waals surface area contributed by atoms with Crippen molar-refractivity contribution in [2.75, 3.05) is 18.8 Å². The summed E-state index contributed by atoms with van der Waals surface area (Å²) in [6.45, 7) is 3.22. The van der Waals surface area contributed by atoms with Crippen LogP contribution in [0.15, 0.2) is 28.8 Å². The van der Waals surface area contributed by atoms with Crippen molar-refractivity contribution in [2.24, 2.45) is 0 Å². The minimum absolute atomic E-state index is 0. The number of nitrogens with two attached hydrogens (primary N) is 1. The van der Waals surface area contributed by atoms with Gasteiger partial charge in [0.25, 0.3) is 5.91 Å². The van der Waals surface area contributed by atoms with E-state index >= 15 is 0 Å². The van der Waals surface area contributed by atoms with Crippen molar-refractivity contribution < 1.29 is 9.32 Å². The number of halogens is 1. The van der Waals surface area contributed by atoms with Gasteiger partial charge < -0.3 is 15.2 Å². The van der Waals surface area contributed by atoms with Gasteiger partial charge in [-0.15, -0.1) is 12.4 Å². The lowest BCUT2D eigenvalue weighted by atomic mass is 9.96. The molecule has 1 aromatic carbocycles. The van der Waals surface area contributed by atoms with E-state index in [1.54, 1.807) is 24.3 Å². The van der Waals surface area contributed by atoms with E-state index in [2.05, 4.69) is 10.1 Å². The van der Waals surface area contributed by atoms with Crippen LogP contribution in [0.2, 0.25) is 0 Å². The third kappa shape index (κ3) is 3.39. The molecule has 0 unspecified atom stereocenters. The van der Waals surface area contributed by atoms with Crippen LogP contribution in [0.4, 0.5) is 5.69 Å². The molecule has 3 rings (SSSR count). The average molecular weight is 323 g/mol. The molecule has 118 valence electrons. The first-order valence-electron chi connectivity index (χ1n) is 7.08. The quantitative estimate of drug-likeness (QED) is 0.858. The molecule has 1 amide bonds. The van der Waals surface area contributed by atoms with Crippen LogP contribution in [0.3, 0.4) is 0 Å². The van der Waals surface area contributed by atoms with Gasteiger partial charge in [0.15, 0.2) is 5.82 Å². The second-order valence-electron chi connectivity index (χ2n) is 5.37. The van der Waals surface area contributed by atoms with E-state index in [1.165, 1.54) is 0 Å². The molecule has 22 heavy (non-hydrogen) atoms. The van der Waals surface area contributed by atoms with Gasteiger partial charge in [0.05, 0.1) is 0 Å². The molecule has 0 atom stereocenters. The summed E-state index contributed by atoms with van der Waals surface area (Å²) in [6, 6.07) is 7.04. The van der Waals surface area contributed by atoms with E-state index in [9.17, 15) is 4.79 Å². The highest BCUT2D eigenvalue weighted by Gasteiger charge is 2.27. The lowest BCUT2D eigenvalue weighted by Crippen LogP contribution is -2.38. The lowest BCUT2D eigenvalue weighted by Gasteiger charge is -2.30. The minimum atomic E-state index is 0. The van der Waals surface area contributed by atoms with Gasteiger partial charge in [-0.3, -0.25) is 4.79 Å². The Hall–Kier alpha value is -2.08. The van der Waals surface area contributed by atoms with Crippen molar-refractivity contribution in [3.8, 4) is 0 Å². The minimum Gasteiger partial charge on any atom is -0.399 e. The first kappa shape index (κ1) is 16.3. The fourth-order valence-corrected chi connectivity index (χ4v) is 2.62. The van der Waals surface area contributed by atoms with Crippen molar-refractivity contribution in [1.82, 2.24) is 15.0 Å². The molecular weight excluding hydrogens is 304 g/mol. The summed E-state index contributed by atoms with van der Waals surface area (Å²) < 4.78 is 5.22. The summed E-state index contributed by atoms with van der Waals surface area (Å²) >= 11 is 0. The fourth-order valence-electron chi connectivity index (χ4n) is 2.62. The SMILES string of the molecule is Cc1noc(C2CCN(C(=O)c3ccc(N)cc3)CC2)n1.Cl. The number of benzene rings is 1. The van der Waals surface area contributed by atoms with E-state index in [4.69, 9.17) is 10.3 Å². The molecule has 0 radical (unpaired) electrons. The van der Waals surface area contributed by atoms with Crippen LogP contribution in [0.25, 0.3) is 0 Å². The number of likely N-dealkylation sites (tertiary alicyclic amines) is 1. The van der Waals surface area contributed by atoms with Gasteiger partial charge in [0, 0.05) is 30.3 Å². The summed E-state index contributed by atoms with van der Waals surface area (Å²) in [7, 11) is 0. The van der Waals surface area contributed by atoms with Crippen molar-refractivity contribution in [2.45, 2.75) is 25.7 Å². The summed E-state index contributed by atoms with van der Waals surface area (Å²) in [5.41, 5.74) is 6.98.